The lowest BCUT2D eigenvalue weighted by Crippen LogP contribution is -2.45. The molecule has 0 saturated carbocycles. The molecule has 5 N–H and O–H groups in total. The number of esters is 1. The summed E-state index contributed by atoms with van der Waals surface area (Å²) in [6.07, 6.45) is 0.106. The maximum Gasteiger partial charge on any atom is 0.325 e. The van der Waals surface area contributed by atoms with E-state index in [1.54, 1.807) is 45.0 Å². The Bertz CT molecular complexity index is 662. The largest absolute Gasteiger partial charge is 0.459 e. The van der Waals surface area contributed by atoms with Gasteiger partial charge in [0.05, 0.1) is 0 Å². The van der Waals surface area contributed by atoms with Gasteiger partial charge < -0.3 is 16.2 Å². The van der Waals surface area contributed by atoms with Crippen molar-refractivity contribution in [2.75, 3.05) is 0 Å². The Labute approximate surface area is 136 Å². The predicted octanol–water partition coefficient (Wildman–Crippen LogP) is 0.0472. The van der Waals surface area contributed by atoms with E-state index in [1.807, 2.05) is 6.07 Å². The number of carbonyl (C=O) groups excluding carboxylic acids is 1. The van der Waals surface area contributed by atoms with Crippen LogP contribution >= 0.6 is 0 Å². The fourth-order valence-corrected chi connectivity index (χ4v) is 2.61. The van der Waals surface area contributed by atoms with Crippen molar-refractivity contribution in [1.82, 2.24) is 4.72 Å². The van der Waals surface area contributed by atoms with Crippen molar-refractivity contribution < 1.29 is 17.9 Å². The Hall–Kier alpha value is -2.13. The molecule has 0 aliphatic rings. The highest BCUT2D eigenvalue weighted by Crippen LogP contribution is 2.12. The number of hydrogen-bond acceptors (Lipinski definition) is 4. The van der Waals surface area contributed by atoms with Gasteiger partial charge in [0.1, 0.15) is 11.6 Å². The molecule has 1 atom stereocenters. The molecular formula is C14H22N4O4S. The zero-order valence-electron chi connectivity index (χ0n) is 13.3. The summed E-state index contributed by atoms with van der Waals surface area (Å²) in [5.74, 6) is -1.34. The van der Waals surface area contributed by atoms with Crippen molar-refractivity contribution in [3.8, 4) is 0 Å². The van der Waals surface area contributed by atoms with Crippen molar-refractivity contribution in [2.24, 2.45) is 15.9 Å². The zero-order valence-corrected chi connectivity index (χ0v) is 14.1. The fraction of sp³-hybridized carbons (Fsp3) is 0.429. The van der Waals surface area contributed by atoms with E-state index in [0.717, 1.165) is 5.56 Å². The smallest absolute Gasteiger partial charge is 0.325 e. The summed E-state index contributed by atoms with van der Waals surface area (Å²) in [7, 11) is -4.21. The zero-order chi connectivity index (χ0) is 17.7. The van der Waals surface area contributed by atoms with E-state index < -0.39 is 33.8 Å². The van der Waals surface area contributed by atoms with Crippen LogP contribution in [0, 0.1) is 0 Å². The Morgan fingerprint density at radius 3 is 2.30 bits per heavy atom. The summed E-state index contributed by atoms with van der Waals surface area (Å²) in [4.78, 5) is 12.3. The molecule has 1 aromatic carbocycles. The van der Waals surface area contributed by atoms with Crippen LogP contribution in [0.5, 0.6) is 0 Å². The van der Waals surface area contributed by atoms with Crippen LogP contribution in [0.3, 0.4) is 0 Å². The van der Waals surface area contributed by atoms with E-state index in [9.17, 15) is 13.2 Å². The van der Waals surface area contributed by atoms with Gasteiger partial charge in [0, 0.05) is 0 Å². The first-order valence-electron chi connectivity index (χ1n) is 6.88. The van der Waals surface area contributed by atoms with Gasteiger partial charge in [0.2, 0.25) is 5.96 Å². The Morgan fingerprint density at radius 2 is 1.83 bits per heavy atom. The van der Waals surface area contributed by atoms with Crippen LogP contribution in [0.2, 0.25) is 0 Å². The highest BCUT2D eigenvalue weighted by molar-refractivity contribution is 7.88. The lowest BCUT2D eigenvalue weighted by molar-refractivity contribution is -0.156. The lowest BCUT2D eigenvalue weighted by atomic mass is 10.1. The summed E-state index contributed by atoms with van der Waals surface area (Å²) in [6, 6.07) is 7.77. The third-order valence-electron chi connectivity index (χ3n) is 2.49. The van der Waals surface area contributed by atoms with Crippen LogP contribution in [0.1, 0.15) is 26.3 Å². The second-order valence-electron chi connectivity index (χ2n) is 5.88. The molecule has 1 aromatic rings. The van der Waals surface area contributed by atoms with Crippen molar-refractivity contribution >= 4 is 22.1 Å². The number of ether oxygens (including phenoxy) is 1. The molecule has 0 heterocycles. The SMILES string of the molecule is CC(C)(C)OC(=O)[C@H](Cc1ccccc1)NS(=O)(=O)N=C(N)N. The number of nitrogens with zero attached hydrogens (tertiary/aromatic N) is 1. The summed E-state index contributed by atoms with van der Waals surface area (Å²) < 4.78 is 34.2. The fourth-order valence-electron chi connectivity index (χ4n) is 1.74. The highest BCUT2D eigenvalue weighted by Gasteiger charge is 2.29. The molecular weight excluding hydrogens is 320 g/mol. The highest BCUT2D eigenvalue weighted by atomic mass is 32.2. The number of rotatable bonds is 6. The molecule has 0 radical (unpaired) electrons. The van der Waals surface area contributed by atoms with Crippen LogP contribution in [-0.2, 0) is 26.2 Å². The number of benzene rings is 1. The van der Waals surface area contributed by atoms with E-state index in [-0.39, 0.29) is 6.42 Å². The van der Waals surface area contributed by atoms with Crippen LogP contribution in [-0.4, -0.2) is 32.0 Å². The summed E-state index contributed by atoms with van der Waals surface area (Å²) in [5.41, 5.74) is 10.2. The quantitative estimate of drug-likeness (QED) is 0.379. The monoisotopic (exact) mass is 342 g/mol. The Kier molecular flexibility index (Phi) is 6.11. The third-order valence-corrected chi connectivity index (χ3v) is 3.52. The number of nitrogens with one attached hydrogen (secondary N) is 1. The van der Waals surface area contributed by atoms with Crippen LogP contribution in [0.4, 0.5) is 0 Å². The summed E-state index contributed by atoms with van der Waals surface area (Å²) in [5, 5.41) is 0. The van der Waals surface area contributed by atoms with Crippen LogP contribution in [0.25, 0.3) is 0 Å². The number of nitrogens with two attached hydrogens (primary N) is 2. The van der Waals surface area contributed by atoms with Gasteiger partial charge in [-0.15, -0.1) is 4.40 Å². The van der Waals surface area contributed by atoms with Gasteiger partial charge in [-0.3, -0.25) is 4.79 Å². The first kappa shape index (κ1) is 18.9. The second-order valence-corrected chi connectivity index (χ2v) is 7.25. The molecule has 1 rings (SSSR count). The topological polar surface area (TPSA) is 137 Å². The first-order chi connectivity index (χ1) is 10.5. The maximum atomic E-state index is 12.3. The van der Waals surface area contributed by atoms with Crippen molar-refractivity contribution in [1.29, 1.82) is 0 Å². The van der Waals surface area contributed by atoms with Gasteiger partial charge in [-0.1, -0.05) is 30.3 Å². The van der Waals surface area contributed by atoms with Crippen molar-refractivity contribution in [3.63, 3.8) is 0 Å². The van der Waals surface area contributed by atoms with E-state index >= 15 is 0 Å². The van der Waals surface area contributed by atoms with Crippen LogP contribution in [0.15, 0.2) is 34.7 Å². The number of guanidine groups is 1. The minimum Gasteiger partial charge on any atom is -0.459 e. The molecule has 23 heavy (non-hydrogen) atoms. The molecule has 0 amide bonds. The molecule has 0 aromatic heterocycles. The van der Waals surface area contributed by atoms with E-state index in [1.165, 1.54) is 0 Å². The van der Waals surface area contributed by atoms with Gasteiger partial charge in [-0.2, -0.15) is 13.1 Å². The summed E-state index contributed by atoms with van der Waals surface area (Å²) in [6.45, 7) is 5.07. The second kappa shape index (κ2) is 7.42. The van der Waals surface area contributed by atoms with Crippen molar-refractivity contribution in [3.05, 3.63) is 35.9 Å². The molecule has 0 unspecified atom stereocenters. The normalized spacial score (nSPS) is 13.2. The van der Waals surface area contributed by atoms with E-state index in [4.69, 9.17) is 16.2 Å². The van der Waals surface area contributed by atoms with Crippen LogP contribution < -0.4 is 16.2 Å². The minimum absolute atomic E-state index is 0.106. The lowest BCUT2D eigenvalue weighted by Gasteiger charge is -2.24. The number of hydrogen-bond donors (Lipinski definition) is 3. The van der Waals surface area contributed by atoms with E-state index in [2.05, 4.69) is 9.12 Å². The molecule has 0 aliphatic carbocycles. The molecule has 0 spiro atoms. The van der Waals surface area contributed by atoms with Gasteiger partial charge in [0.15, 0.2) is 0 Å². The molecule has 128 valence electrons. The van der Waals surface area contributed by atoms with Crippen molar-refractivity contribution in [2.45, 2.75) is 38.8 Å². The molecule has 9 heteroatoms. The van der Waals surface area contributed by atoms with E-state index in [0.29, 0.717) is 0 Å². The average Bonchev–Trinajstić information content (AvgIpc) is 2.35. The first-order valence-corrected chi connectivity index (χ1v) is 8.32. The Morgan fingerprint density at radius 1 is 1.26 bits per heavy atom. The number of carbonyl (C=O) groups is 1. The van der Waals surface area contributed by atoms with Gasteiger partial charge in [0.25, 0.3) is 0 Å². The molecule has 0 saturated heterocycles. The minimum atomic E-state index is -4.21. The van der Waals surface area contributed by atoms with Gasteiger partial charge in [-0.25, -0.2) is 0 Å². The van der Waals surface area contributed by atoms with Gasteiger partial charge >= 0.3 is 16.2 Å². The Balaban J connectivity index is 3.01. The molecule has 0 fully saturated rings. The maximum absolute atomic E-state index is 12.3. The third kappa shape index (κ3) is 7.61. The molecule has 0 bridgehead atoms. The molecule has 8 nitrogen and oxygen atoms in total. The van der Waals surface area contributed by atoms with Gasteiger partial charge in [-0.05, 0) is 32.8 Å². The summed E-state index contributed by atoms with van der Waals surface area (Å²) >= 11 is 0. The predicted molar refractivity (Wildman–Crippen MR) is 87.6 cm³/mol. The average molecular weight is 342 g/mol. The molecule has 0 aliphatic heterocycles. The standard InChI is InChI=1S/C14H22N4O4S/c1-14(2,3)22-12(19)11(9-10-7-5-4-6-8-10)17-23(20,21)18-13(15)16/h4-8,11,17H,9H2,1-3H3,(H4,15,16,18)/t11-/m0/s1.